The molecule has 0 saturated heterocycles. The van der Waals surface area contributed by atoms with Crippen LogP contribution in [0.25, 0.3) is 16.9 Å². The zero-order valence-electron chi connectivity index (χ0n) is 19.3. The Morgan fingerprint density at radius 2 is 1.88 bits per heavy atom. The number of carbonyl (C=O) groups excluding carboxylic acids is 1. The van der Waals surface area contributed by atoms with Gasteiger partial charge in [-0.2, -0.15) is 23.4 Å². The summed E-state index contributed by atoms with van der Waals surface area (Å²) in [5.41, 5.74) is 2.10. The Morgan fingerprint density at radius 1 is 1.18 bits per heavy atom. The van der Waals surface area contributed by atoms with Crippen LogP contribution in [0.3, 0.4) is 0 Å². The number of carbonyl (C=O) groups is 1. The van der Waals surface area contributed by atoms with Crippen LogP contribution in [0.5, 0.6) is 0 Å². The number of aromatic nitrogens is 5. The lowest BCUT2D eigenvalue weighted by atomic mass is 10.0. The van der Waals surface area contributed by atoms with Gasteiger partial charge in [-0.05, 0) is 31.4 Å². The van der Waals surface area contributed by atoms with Gasteiger partial charge >= 0.3 is 6.18 Å². The Bertz CT molecular complexity index is 1340. The highest BCUT2D eigenvalue weighted by atomic mass is 19.4. The number of halogens is 3. The molecule has 3 heterocycles. The molecule has 0 aliphatic heterocycles. The molecule has 7 nitrogen and oxygen atoms in total. The lowest BCUT2D eigenvalue weighted by Crippen LogP contribution is -2.23. The van der Waals surface area contributed by atoms with Gasteiger partial charge in [0, 0.05) is 30.4 Å². The van der Waals surface area contributed by atoms with Crippen LogP contribution in [0, 0.1) is 6.92 Å². The molecular formula is C24H25F3N6O. The SMILES string of the molecule is CCn1cc(CNC(=O)c2cnn3c(C(F)(F)F)cc(-c4ccc(C(C)C)cc4)nc23)c(C)n1. The van der Waals surface area contributed by atoms with Gasteiger partial charge in [-0.1, -0.05) is 38.1 Å². The lowest BCUT2D eigenvalue weighted by molar-refractivity contribution is -0.142. The van der Waals surface area contributed by atoms with E-state index in [2.05, 4.69) is 20.5 Å². The summed E-state index contributed by atoms with van der Waals surface area (Å²) < 4.78 is 44.0. The fourth-order valence-corrected chi connectivity index (χ4v) is 3.68. The summed E-state index contributed by atoms with van der Waals surface area (Å²) in [7, 11) is 0. The van der Waals surface area contributed by atoms with Gasteiger partial charge in [-0.15, -0.1) is 0 Å². The number of rotatable bonds is 6. The first-order valence-electron chi connectivity index (χ1n) is 11.0. The highest BCUT2D eigenvalue weighted by Crippen LogP contribution is 2.33. The fourth-order valence-electron chi connectivity index (χ4n) is 3.68. The van der Waals surface area contributed by atoms with Crippen molar-refractivity contribution in [2.24, 2.45) is 0 Å². The molecule has 4 aromatic rings. The monoisotopic (exact) mass is 470 g/mol. The van der Waals surface area contributed by atoms with Crippen molar-refractivity contribution in [3.63, 3.8) is 0 Å². The lowest BCUT2D eigenvalue weighted by Gasteiger charge is -2.12. The number of nitrogens with zero attached hydrogens (tertiary/aromatic N) is 5. The van der Waals surface area contributed by atoms with Crippen LogP contribution in [0.1, 0.15) is 59.6 Å². The number of alkyl halides is 3. The minimum Gasteiger partial charge on any atom is -0.348 e. The van der Waals surface area contributed by atoms with Crippen molar-refractivity contribution < 1.29 is 18.0 Å². The van der Waals surface area contributed by atoms with Gasteiger partial charge in [0.05, 0.1) is 17.6 Å². The summed E-state index contributed by atoms with van der Waals surface area (Å²) >= 11 is 0. The molecular weight excluding hydrogens is 445 g/mol. The zero-order valence-corrected chi connectivity index (χ0v) is 19.3. The van der Waals surface area contributed by atoms with Gasteiger partial charge in [0.2, 0.25) is 0 Å². The molecule has 1 aromatic carbocycles. The molecule has 34 heavy (non-hydrogen) atoms. The van der Waals surface area contributed by atoms with E-state index in [1.807, 2.05) is 46.0 Å². The first kappa shape index (κ1) is 23.5. The summed E-state index contributed by atoms with van der Waals surface area (Å²) in [5, 5.41) is 10.9. The smallest absolute Gasteiger partial charge is 0.348 e. The van der Waals surface area contributed by atoms with E-state index < -0.39 is 17.8 Å². The second kappa shape index (κ2) is 8.92. The highest BCUT2D eigenvalue weighted by molar-refractivity contribution is 5.99. The number of fused-ring (bicyclic) bond motifs is 1. The van der Waals surface area contributed by atoms with Crippen molar-refractivity contribution in [3.05, 3.63) is 70.8 Å². The van der Waals surface area contributed by atoms with Crippen LogP contribution in [-0.2, 0) is 19.3 Å². The normalized spacial score (nSPS) is 12.0. The molecule has 0 aliphatic rings. The summed E-state index contributed by atoms with van der Waals surface area (Å²) in [4.78, 5) is 17.3. The average molecular weight is 470 g/mol. The molecule has 0 atom stereocenters. The quantitative estimate of drug-likeness (QED) is 0.431. The first-order chi connectivity index (χ1) is 16.1. The second-order valence-corrected chi connectivity index (χ2v) is 8.37. The van der Waals surface area contributed by atoms with E-state index in [0.717, 1.165) is 29.1 Å². The molecule has 1 N–H and O–H groups in total. The average Bonchev–Trinajstić information content (AvgIpc) is 3.39. The van der Waals surface area contributed by atoms with Crippen LogP contribution in [0.2, 0.25) is 0 Å². The van der Waals surface area contributed by atoms with Crippen molar-refractivity contribution in [1.29, 1.82) is 0 Å². The number of benzene rings is 1. The molecule has 0 bridgehead atoms. The number of aryl methyl sites for hydroxylation is 2. The predicted molar refractivity (Wildman–Crippen MR) is 121 cm³/mol. The maximum absolute atomic E-state index is 13.8. The second-order valence-electron chi connectivity index (χ2n) is 8.37. The largest absolute Gasteiger partial charge is 0.433 e. The van der Waals surface area contributed by atoms with Crippen LogP contribution in [0.4, 0.5) is 13.2 Å². The van der Waals surface area contributed by atoms with Gasteiger partial charge in [0.1, 0.15) is 5.56 Å². The molecule has 4 rings (SSSR count). The molecule has 0 radical (unpaired) electrons. The minimum absolute atomic E-state index is 0.0355. The van der Waals surface area contributed by atoms with Crippen LogP contribution >= 0.6 is 0 Å². The zero-order chi connectivity index (χ0) is 24.6. The van der Waals surface area contributed by atoms with E-state index in [9.17, 15) is 18.0 Å². The van der Waals surface area contributed by atoms with E-state index in [4.69, 9.17) is 0 Å². The number of hydrogen-bond donors (Lipinski definition) is 1. The van der Waals surface area contributed by atoms with Crippen molar-refractivity contribution in [2.45, 2.75) is 52.9 Å². The molecule has 0 spiro atoms. The molecule has 1 amide bonds. The van der Waals surface area contributed by atoms with Gasteiger partial charge in [0.25, 0.3) is 5.91 Å². The van der Waals surface area contributed by atoms with E-state index in [-0.39, 0.29) is 29.4 Å². The predicted octanol–water partition coefficient (Wildman–Crippen LogP) is 4.99. The van der Waals surface area contributed by atoms with Crippen LogP contribution in [0.15, 0.2) is 42.7 Å². The van der Waals surface area contributed by atoms with Gasteiger partial charge in [-0.3, -0.25) is 9.48 Å². The number of nitrogens with one attached hydrogen (secondary N) is 1. The van der Waals surface area contributed by atoms with Gasteiger partial charge in [-0.25, -0.2) is 9.50 Å². The Labute approximate surface area is 194 Å². The van der Waals surface area contributed by atoms with Crippen molar-refractivity contribution >= 4 is 11.6 Å². The minimum atomic E-state index is -4.68. The third-order valence-corrected chi connectivity index (χ3v) is 5.69. The van der Waals surface area contributed by atoms with E-state index in [1.165, 1.54) is 0 Å². The molecule has 0 aliphatic carbocycles. The summed E-state index contributed by atoms with van der Waals surface area (Å²) in [6, 6.07) is 8.15. The van der Waals surface area contributed by atoms with E-state index in [1.54, 1.807) is 16.8 Å². The van der Waals surface area contributed by atoms with Crippen LogP contribution in [-0.4, -0.2) is 30.3 Å². The fraction of sp³-hybridized carbons (Fsp3) is 0.333. The van der Waals surface area contributed by atoms with Crippen LogP contribution < -0.4 is 5.32 Å². The third kappa shape index (κ3) is 4.52. The molecule has 178 valence electrons. The van der Waals surface area contributed by atoms with Crippen molar-refractivity contribution in [1.82, 2.24) is 29.7 Å². The highest BCUT2D eigenvalue weighted by Gasteiger charge is 2.36. The topological polar surface area (TPSA) is 77.1 Å². The summed E-state index contributed by atoms with van der Waals surface area (Å²) in [6.45, 7) is 8.72. The first-order valence-corrected chi connectivity index (χ1v) is 11.0. The van der Waals surface area contributed by atoms with E-state index >= 15 is 0 Å². The number of hydrogen-bond acceptors (Lipinski definition) is 4. The Morgan fingerprint density at radius 3 is 2.47 bits per heavy atom. The summed E-state index contributed by atoms with van der Waals surface area (Å²) in [6.07, 6.45) is -1.75. The Hall–Kier alpha value is -3.69. The van der Waals surface area contributed by atoms with Gasteiger partial charge < -0.3 is 5.32 Å². The summed E-state index contributed by atoms with van der Waals surface area (Å²) in [5.74, 6) is -0.278. The maximum atomic E-state index is 13.8. The van der Waals surface area contributed by atoms with Crippen molar-refractivity contribution in [3.8, 4) is 11.3 Å². The van der Waals surface area contributed by atoms with Crippen molar-refractivity contribution in [2.75, 3.05) is 0 Å². The van der Waals surface area contributed by atoms with Gasteiger partial charge in [0.15, 0.2) is 11.3 Å². The number of amides is 1. The molecule has 10 heteroatoms. The Balaban J connectivity index is 1.72. The molecule has 0 saturated carbocycles. The maximum Gasteiger partial charge on any atom is 0.433 e. The Kier molecular flexibility index (Phi) is 6.16. The van der Waals surface area contributed by atoms with E-state index in [0.29, 0.717) is 16.6 Å². The molecule has 3 aromatic heterocycles. The molecule has 0 unspecified atom stereocenters. The molecule has 0 fully saturated rings. The standard InChI is InChI=1S/C24H25F3N6O/c1-5-32-13-18(15(4)31-32)11-28-23(34)19-12-29-33-21(24(25,26)27)10-20(30-22(19)33)17-8-6-16(7-9-17)14(2)3/h6-10,12-14H,5,11H2,1-4H3,(H,28,34). The third-order valence-electron chi connectivity index (χ3n) is 5.69.